The molecule has 0 radical (unpaired) electrons. The number of rotatable bonds is 3. The van der Waals surface area contributed by atoms with E-state index in [0.29, 0.717) is 6.42 Å². The highest BCUT2D eigenvalue weighted by atomic mass is 16.7. The molecule has 1 aromatic carbocycles. The first kappa shape index (κ1) is 12.2. The maximum absolute atomic E-state index is 11.2. The van der Waals surface area contributed by atoms with Crippen LogP contribution < -0.4 is 0 Å². The third-order valence-corrected chi connectivity index (χ3v) is 2.04. The molecule has 4 nitrogen and oxygen atoms in total. The summed E-state index contributed by atoms with van der Waals surface area (Å²) >= 11 is 0. The molecular formula is C12H16N2O2. The number of carbonyl (C=O) groups excluding carboxylic acids is 1. The van der Waals surface area contributed by atoms with Crippen LogP contribution in [0, 0.1) is 0 Å². The molecule has 0 bridgehead atoms. The Morgan fingerprint density at radius 1 is 1.31 bits per heavy atom. The summed E-state index contributed by atoms with van der Waals surface area (Å²) in [5.41, 5.74) is 1.73. The molecule has 0 fully saturated rings. The van der Waals surface area contributed by atoms with Crippen LogP contribution >= 0.6 is 0 Å². The number of hydrogen-bond acceptors (Lipinski definition) is 3. The van der Waals surface area contributed by atoms with Crippen molar-refractivity contribution in [1.82, 2.24) is 4.90 Å². The largest absolute Gasteiger partial charge is 0.435 e. The van der Waals surface area contributed by atoms with Crippen LogP contribution in [0.4, 0.5) is 4.79 Å². The molecule has 1 rings (SSSR count). The first-order valence-electron chi connectivity index (χ1n) is 5.15. The average molecular weight is 220 g/mol. The normalized spacial score (nSPS) is 11.1. The maximum atomic E-state index is 11.2. The van der Waals surface area contributed by atoms with Crippen molar-refractivity contribution in [3.8, 4) is 0 Å². The molecule has 0 spiro atoms. The Bertz CT molecular complexity index is 372. The summed E-state index contributed by atoms with van der Waals surface area (Å²) in [5, 5.41) is 3.86. The second-order valence-electron chi connectivity index (χ2n) is 3.51. The Morgan fingerprint density at radius 3 is 2.44 bits per heavy atom. The molecule has 0 N–H and O–H groups in total. The van der Waals surface area contributed by atoms with E-state index in [2.05, 4.69) is 5.16 Å². The summed E-state index contributed by atoms with van der Waals surface area (Å²) in [6, 6.07) is 9.66. The van der Waals surface area contributed by atoms with Gasteiger partial charge in [0.2, 0.25) is 0 Å². The van der Waals surface area contributed by atoms with Crippen molar-refractivity contribution in [2.45, 2.75) is 13.3 Å². The van der Waals surface area contributed by atoms with Crippen molar-refractivity contribution < 1.29 is 9.63 Å². The first-order chi connectivity index (χ1) is 7.65. The zero-order valence-corrected chi connectivity index (χ0v) is 9.80. The van der Waals surface area contributed by atoms with E-state index in [1.165, 1.54) is 4.90 Å². The standard InChI is InChI=1S/C12H16N2O2/c1-4-11(10-8-6-5-7-9-10)13-16-12(15)14(2)3/h5-9H,4H2,1-3H3/b13-11+. The van der Waals surface area contributed by atoms with E-state index in [1.54, 1.807) is 14.1 Å². The highest BCUT2D eigenvalue weighted by molar-refractivity contribution is 6.00. The number of benzene rings is 1. The van der Waals surface area contributed by atoms with Crippen molar-refractivity contribution in [3.05, 3.63) is 35.9 Å². The second-order valence-corrected chi connectivity index (χ2v) is 3.51. The highest BCUT2D eigenvalue weighted by Gasteiger charge is 2.06. The first-order valence-corrected chi connectivity index (χ1v) is 5.15. The van der Waals surface area contributed by atoms with Crippen LogP contribution in [0.3, 0.4) is 0 Å². The predicted molar refractivity (Wildman–Crippen MR) is 63.4 cm³/mol. The zero-order chi connectivity index (χ0) is 12.0. The van der Waals surface area contributed by atoms with Gasteiger partial charge in [0, 0.05) is 14.1 Å². The zero-order valence-electron chi connectivity index (χ0n) is 9.80. The molecule has 0 saturated carbocycles. The summed E-state index contributed by atoms with van der Waals surface area (Å²) in [4.78, 5) is 17.3. The minimum atomic E-state index is -0.470. The van der Waals surface area contributed by atoms with Crippen molar-refractivity contribution in [3.63, 3.8) is 0 Å². The fraction of sp³-hybridized carbons (Fsp3) is 0.333. The Balaban J connectivity index is 2.76. The fourth-order valence-electron chi connectivity index (χ4n) is 1.13. The van der Waals surface area contributed by atoms with E-state index in [0.717, 1.165) is 11.3 Å². The molecule has 0 saturated heterocycles. The van der Waals surface area contributed by atoms with Crippen molar-refractivity contribution >= 4 is 11.8 Å². The summed E-state index contributed by atoms with van der Waals surface area (Å²) in [5.74, 6) is 0. The van der Waals surface area contributed by atoms with Gasteiger partial charge in [-0.2, -0.15) is 0 Å². The van der Waals surface area contributed by atoms with E-state index < -0.39 is 6.09 Å². The van der Waals surface area contributed by atoms with Crippen LogP contribution in [0.2, 0.25) is 0 Å². The lowest BCUT2D eigenvalue weighted by Crippen LogP contribution is -2.21. The van der Waals surface area contributed by atoms with E-state index in [9.17, 15) is 4.79 Å². The lowest BCUT2D eigenvalue weighted by atomic mass is 10.1. The van der Waals surface area contributed by atoms with Gasteiger partial charge in [0.15, 0.2) is 0 Å². The van der Waals surface area contributed by atoms with Crippen LogP contribution in [0.1, 0.15) is 18.9 Å². The van der Waals surface area contributed by atoms with Gasteiger partial charge in [-0.15, -0.1) is 0 Å². The minimum absolute atomic E-state index is 0.470. The molecule has 0 aliphatic rings. The molecular weight excluding hydrogens is 204 g/mol. The SMILES string of the molecule is CC/C(=N\OC(=O)N(C)C)c1ccccc1. The molecule has 0 aliphatic heterocycles. The minimum Gasteiger partial charge on any atom is -0.312 e. The number of hydrogen-bond donors (Lipinski definition) is 0. The fourth-order valence-corrected chi connectivity index (χ4v) is 1.13. The topological polar surface area (TPSA) is 41.9 Å². The lowest BCUT2D eigenvalue weighted by Gasteiger charge is -2.08. The Kier molecular flexibility index (Phi) is 4.51. The van der Waals surface area contributed by atoms with Crippen LogP contribution in [0.25, 0.3) is 0 Å². The van der Waals surface area contributed by atoms with Crippen molar-refractivity contribution in [1.29, 1.82) is 0 Å². The Morgan fingerprint density at radius 2 is 1.94 bits per heavy atom. The van der Waals surface area contributed by atoms with Gasteiger partial charge in [0.05, 0.1) is 5.71 Å². The number of nitrogens with zero attached hydrogens (tertiary/aromatic N) is 2. The Labute approximate surface area is 95.5 Å². The van der Waals surface area contributed by atoms with Gasteiger partial charge < -0.3 is 4.90 Å². The molecule has 0 aromatic heterocycles. The molecule has 16 heavy (non-hydrogen) atoms. The van der Waals surface area contributed by atoms with Crippen LogP contribution in [-0.2, 0) is 4.84 Å². The van der Waals surface area contributed by atoms with Crippen LogP contribution in [0.5, 0.6) is 0 Å². The van der Waals surface area contributed by atoms with Gasteiger partial charge in [-0.25, -0.2) is 4.79 Å². The third-order valence-electron chi connectivity index (χ3n) is 2.04. The average Bonchev–Trinajstić information content (AvgIpc) is 2.30. The predicted octanol–water partition coefficient (Wildman–Crippen LogP) is 2.50. The molecule has 4 heteroatoms. The number of oxime groups is 1. The Hall–Kier alpha value is -1.84. The summed E-state index contributed by atoms with van der Waals surface area (Å²) < 4.78 is 0. The molecule has 1 aromatic rings. The molecule has 0 unspecified atom stereocenters. The van der Waals surface area contributed by atoms with Gasteiger partial charge in [0.1, 0.15) is 0 Å². The van der Waals surface area contributed by atoms with E-state index >= 15 is 0 Å². The lowest BCUT2D eigenvalue weighted by molar-refractivity contribution is 0.122. The summed E-state index contributed by atoms with van der Waals surface area (Å²) in [6.07, 6.45) is 0.243. The smallest absolute Gasteiger partial charge is 0.312 e. The van der Waals surface area contributed by atoms with E-state index in [-0.39, 0.29) is 0 Å². The highest BCUT2D eigenvalue weighted by Crippen LogP contribution is 2.05. The molecule has 0 aliphatic carbocycles. The summed E-state index contributed by atoms with van der Waals surface area (Å²) in [7, 11) is 3.23. The summed E-state index contributed by atoms with van der Waals surface area (Å²) in [6.45, 7) is 1.97. The quantitative estimate of drug-likeness (QED) is 0.446. The second kappa shape index (κ2) is 5.90. The van der Waals surface area contributed by atoms with Crippen LogP contribution in [0.15, 0.2) is 35.5 Å². The molecule has 0 atom stereocenters. The number of amides is 1. The molecule has 0 heterocycles. The van der Waals surface area contributed by atoms with Gasteiger partial charge >= 0.3 is 6.09 Å². The number of carbonyl (C=O) groups is 1. The van der Waals surface area contributed by atoms with E-state index in [4.69, 9.17) is 4.84 Å². The van der Waals surface area contributed by atoms with Gasteiger partial charge in [-0.3, -0.25) is 4.84 Å². The van der Waals surface area contributed by atoms with Gasteiger partial charge in [0.25, 0.3) is 0 Å². The maximum Gasteiger partial charge on any atom is 0.435 e. The van der Waals surface area contributed by atoms with Crippen LogP contribution in [-0.4, -0.2) is 30.8 Å². The third kappa shape index (κ3) is 3.38. The monoisotopic (exact) mass is 220 g/mol. The van der Waals surface area contributed by atoms with Crippen molar-refractivity contribution in [2.75, 3.05) is 14.1 Å². The van der Waals surface area contributed by atoms with E-state index in [1.807, 2.05) is 37.3 Å². The molecule has 1 amide bonds. The van der Waals surface area contributed by atoms with Gasteiger partial charge in [-0.1, -0.05) is 42.4 Å². The molecule has 86 valence electrons. The van der Waals surface area contributed by atoms with Gasteiger partial charge in [-0.05, 0) is 12.0 Å². The van der Waals surface area contributed by atoms with Crippen molar-refractivity contribution in [2.24, 2.45) is 5.16 Å².